The number of aromatic nitrogens is 1. The molecular weight excluding hydrogens is 140 g/mol. The Labute approximate surface area is 54.5 Å². The van der Waals surface area contributed by atoms with Crippen LogP contribution < -0.4 is 0 Å². The van der Waals surface area contributed by atoms with Crippen LogP contribution in [0.1, 0.15) is 10.5 Å². The van der Waals surface area contributed by atoms with Crippen LogP contribution in [0.3, 0.4) is 0 Å². The Morgan fingerprint density at radius 2 is 2.56 bits per heavy atom. The van der Waals surface area contributed by atoms with Crippen molar-refractivity contribution in [3.05, 3.63) is 21.5 Å². The molecule has 0 unspecified atom stereocenters. The number of amides is 1. The molecule has 0 spiro atoms. The third kappa shape index (κ3) is 1.17. The second-order valence-electron chi connectivity index (χ2n) is 1.27. The molecule has 0 N–H and O–H groups in total. The average molecular weight is 142 g/mol. The summed E-state index contributed by atoms with van der Waals surface area (Å²) in [6, 6.07) is 0. The molecule has 1 aromatic heterocycles. The molecule has 0 saturated heterocycles. The lowest BCUT2D eigenvalue weighted by Crippen LogP contribution is -1.91. The van der Waals surface area contributed by atoms with E-state index in [4.69, 9.17) is 0 Å². The van der Waals surface area contributed by atoms with Crippen molar-refractivity contribution < 1.29 is 4.79 Å². The molecule has 0 aliphatic heterocycles. The van der Waals surface area contributed by atoms with Gasteiger partial charge >= 0.3 is 5.91 Å². The molecule has 4 nitrogen and oxygen atoms in total. The topological polar surface area (TPSA) is 59.4 Å². The minimum absolute atomic E-state index is 0.120. The lowest BCUT2D eigenvalue weighted by Gasteiger charge is -1.76. The van der Waals surface area contributed by atoms with E-state index in [2.05, 4.69) is 10.2 Å². The maximum Gasteiger partial charge on any atom is 0.335 e. The van der Waals surface area contributed by atoms with Crippen molar-refractivity contribution >= 4 is 17.2 Å². The van der Waals surface area contributed by atoms with Gasteiger partial charge in [-0.3, -0.25) is 4.79 Å². The van der Waals surface area contributed by atoms with Crippen LogP contribution in [0.4, 0.5) is 0 Å². The minimum Gasteiger partial charge on any atom is -0.261 e. The predicted octanol–water partition coefficient (Wildman–Crippen LogP) is 1.05. The summed E-state index contributed by atoms with van der Waals surface area (Å²) in [4.78, 5) is 23.5. The minimum atomic E-state index is -0.809. The van der Waals surface area contributed by atoms with E-state index in [1.165, 1.54) is 22.2 Å². The first-order valence-electron chi connectivity index (χ1n) is 2.10. The fourth-order valence-corrected chi connectivity index (χ4v) is 0.891. The molecule has 5 heteroatoms. The summed E-state index contributed by atoms with van der Waals surface area (Å²) in [5, 5.41) is 3.66. The van der Waals surface area contributed by atoms with Gasteiger partial charge < -0.3 is 0 Å². The molecule has 1 heterocycles. The van der Waals surface area contributed by atoms with Crippen LogP contribution in [0.5, 0.6) is 0 Å². The normalized spacial score (nSPS) is 8.89. The molecule has 1 amide bonds. The number of hydrogen-bond donors (Lipinski definition) is 0. The third-order valence-electron chi connectivity index (χ3n) is 0.734. The van der Waals surface area contributed by atoms with E-state index in [0.717, 1.165) is 0 Å². The highest BCUT2D eigenvalue weighted by atomic mass is 32.1. The largest absolute Gasteiger partial charge is 0.335 e. The lowest BCUT2D eigenvalue weighted by atomic mass is 10.5. The molecule has 46 valence electrons. The Bertz CT molecular complexity index is 218. The molecule has 0 aliphatic carbocycles. The monoisotopic (exact) mass is 142 g/mol. The van der Waals surface area contributed by atoms with Crippen molar-refractivity contribution in [2.24, 2.45) is 5.18 Å². The van der Waals surface area contributed by atoms with Gasteiger partial charge in [0.1, 0.15) is 5.69 Å². The lowest BCUT2D eigenvalue weighted by molar-refractivity contribution is 0.0997. The van der Waals surface area contributed by atoms with Gasteiger partial charge in [0.2, 0.25) is 0 Å². The summed E-state index contributed by atoms with van der Waals surface area (Å²) in [6.45, 7) is 0. The molecule has 0 bridgehead atoms. The summed E-state index contributed by atoms with van der Waals surface area (Å²) in [7, 11) is 0. The van der Waals surface area contributed by atoms with Crippen LogP contribution in [0.15, 0.2) is 16.1 Å². The number of thiazole rings is 1. The zero-order valence-electron chi connectivity index (χ0n) is 4.27. The van der Waals surface area contributed by atoms with Crippen molar-refractivity contribution in [1.82, 2.24) is 4.98 Å². The number of carbonyl (C=O) groups excluding carboxylic acids is 1. The number of hydrogen-bond acceptors (Lipinski definition) is 4. The fourth-order valence-electron chi connectivity index (χ4n) is 0.365. The zero-order chi connectivity index (χ0) is 6.69. The van der Waals surface area contributed by atoms with Gasteiger partial charge in [0.25, 0.3) is 0 Å². The Kier molecular flexibility index (Phi) is 1.64. The van der Waals surface area contributed by atoms with E-state index in [-0.39, 0.29) is 5.69 Å². The maximum absolute atomic E-state index is 10.3. The Morgan fingerprint density at radius 3 is 3.00 bits per heavy atom. The average Bonchev–Trinajstić information content (AvgIpc) is 2.37. The van der Waals surface area contributed by atoms with Gasteiger partial charge in [0.05, 0.1) is 5.51 Å². The molecule has 0 radical (unpaired) electrons. The Hall–Kier alpha value is -1.10. The highest BCUT2D eigenvalue weighted by molar-refractivity contribution is 7.07. The van der Waals surface area contributed by atoms with E-state index in [1.54, 1.807) is 0 Å². The van der Waals surface area contributed by atoms with E-state index in [0.29, 0.717) is 0 Å². The Balaban J connectivity index is 2.89. The van der Waals surface area contributed by atoms with Gasteiger partial charge in [-0.1, -0.05) is 0 Å². The quantitative estimate of drug-likeness (QED) is 0.550. The van der Waals surface area contributed by atoms with Gasteiger partial charge in [0, 0.05) is 10.6 Å². The second-order valence-corrected chi connectivity index (χ2v) is 1.99. The highest BCUT2D eigenvalue weighted by Gasteiger charge is 2.05. The van der Waals surface area contributed by atoms with Crippen molar-refractivity contribution in [3.8, 4) is 0 Å². The molecule has 9 heavy (non-hydrogen) atoms. The smallest absolute Gasteiger partial charge is 0.261 e. The molecule has 0 aliphatic rings. The SMILES string of the molecule is O=NC(=O)c1cscn1. The van der Waals surface area contributed by atoms with Crippen molar-refractivity contribution in [1.29, 1.82) is 0 Å². The number of rotatable bonds is 1. The van der Waals surface area contributed by atoms with Crippen LogP contribution in [-0.2, 0) is 0 Å². The molecule has 1 rings (SSSR count). The van der Waals surface area contributed by atoms with Crippen LogP contribution in [0, 0.1) is 4.91 Å². The molecule has 0 atom stereocenters. The first kappa shape index (κ1) is 6.03. The van der Waals surface area contributed by atoms with E-state index in [1.807, 2.05) is 0 Å². The van der Waals surface area contributed by atoms with Gasteiger partial charge in [-0.05, 0) is 0 Å². The van der Waals surface area contributed by atoms with Crippen LogP contribution in [0.25, 0.3) is 0 Å². The van der Waals surface area contributed by atoms with E-state index < -0.39 is 5.91 Å². The Morgan fingerprint density at radius 1 is 1.78 bits per heavy atom. The summed E-state index contributed by atoms with van der Waals surface area (Å²) in [5.74, 6) is -0.809. The molecule has 0 aromatic carbocycles. The van der Waals surface area contributed by atoms with Gasteiger partial charge in [0.15, 0.2) is 0 Å². The first-order valence-corrected chi connectivity index (χ1v) is 3.04. The van der Waals surface area contributed by atoms with Crippen LogP contribution in [0.2, 0.25) is 0 Å². The summed E-state index contributed by atoms with van der Waals surface area (Å²) in [6.07, 6.45) is 0. The summed E-state index contributed by atoms with van der Waals surface area (Å²) in [5.41, 5.74) is 1.59. The van der Waals surface area contributed by atoms with Gasteiger partial charge in [-0.15, -0.1) is 16.2 Å². The zero-order valence-corrected chi connectivity index (χ0v) is 5.09. The molecular formula is C4H2N2O2S. The summed E-state index contributed by atoms with van der Waals surface area (Å²) < 4.78 is 0. The second kappa shape index (κ2) is 2.45. The predicted molar refractivity (Wildman–Crippen MR) is 32.2 cm³/mol. The first-order chi connectivity index (χ1) is 4.34. The van der Waals surface area contributed by atoms with Crippen molar-refractivity contribution in [3.63, 3.8) is 0 Å². The standard InChI is InChI=1S/C4H2N2O2S/c7-4(6-8)3-1-9-2-5-3/h1-2H. The fraction of sp³-hybridized carbons (Fsp3) is 0. The van der Waals surface area contributed by atoms with E-state index >= 15 is 0 Å². The maximum atomic E-state index is 10.3. The third-order valence-corrected chi connectivity index (χ3v) is 1.32. The van der Waals surface area contributed by atoms with Crippen LogP contribution >= 0.6 is 11.3 Å². The number of carbonyl (C=O) groups is 1. The molecule has 1 aromatic rings. The van der Waals surface area contributed by atoms with Crippen molar-refractivity contribution in [2.45, 2.75) is 0 Å². The van der Waals surface area contributed by atoms with Crippen LogP contribution in [-0.4, -0.2) is 10.9 Å². The van der Waals surface area contributed by atoms with Crippen molar-refractivity contribution in [2.75, 3.05) is 0 Å². The number of nitroso groups, excluding NO2 is 1. The van der Waals surface area contributed by atoms with E-state index in [9.17, 15) is 9.70 Å². The summed E-state index contributed by atoms with van der Waals surface area (Å²) >= 11 is 1.25. The van der Waals surface area contributed by atoms with Gasteiger partial charge in [-0.25, -0.2) is 4.98 Å². The highest BCUT2D eigenvalue weighted by Crippen LogP contribution is 2.01. The molecule has 0 fully saturated rings. The van der Waals surface area contributed by atoms with Gasteiger partial charge in [-0.2, -0.15) is 0 Å². The number of nitrogens with zero attached hydrogens (tertiary/aromatic N) is 2. The molecule has 0 saturated carbocycles.